The Balaban J connectivity index is 1.91. The van der Waals surface area contributed by atoms with E-state index in [4.69, 9.17) is 4.52 Å². The second-order valence-electron chi connectivity index (χ2n) is 4.94. The van der Waals surface area contributed by atoms with Crippen LogP contribution in [0.4, 0.5) is 5.95 Å². The molecule has 3 rings (SSSR count). The fraction of sp³-hybridized carbons (Fsp3) is 0.467. The molecule has 2 heterocycles. The molecule has 0 saturated heterocycles. The molecule has 0 fully saturated rings. The maximum atomic E-state index is 5.48. The van der Waals surface area contributed by atoms with Crippen LogP contribution >= 0.6 is 0 Å². The molecular formula is C15H20N4O. The molecule has 20 heavy (non-hydrogen) atoms. The third kappa shape index (κ3) is 2.29. The van der Waals surface area contributed by atoms with Crippen LogP contribution in [0.3, 0.4) is 0 Å². The Morgan fingerprint density at radius 2 is 2.10 bits per heavy atom. The summed E-state index contributed by atoms with van der Waals surface area (Å²) in [5.74, 6) is 1.33. The van der Waals surface area contributed by atoms with Crippen molar-refractivity contribution < 1.29 is 4.52 Å². The highest BCUT2D eigenvalue weighted by atomic mass is 16.5. The van der Waals surface area contributed by atoms with Crippen molar-refractivity contribution >= 4 is 5.95 Å². The van der Waals surface area contributed by atoms with Crippen molar-refractivity contribution in [2.75, 3.05) is 24.5 Å². The van der Waals surface area contributed by atoms with E-state index in [1.807, 2.05) is 0 Å². The van der Waals surface area contributed by atoms with E-state index in [0.29, 0.717) is 11.8 Å². The molecular weight excluding hydrogens is 252 g/mol. The predicted octanol–water partition coefficient (Wildman–Crippen LogP) is 2.15. The minimum absolute atomic E-state index is 0.0109. The maximum absolute atomic E-state index is 5.48. The highest BCUT2D eigenvalue weighted by Crippen LogP contribution is 2.28. The van der Waals surface area contributed by atoms with Crippen LogP contribution in [0.25, 0.3) is 0 Å². The van der Waals surface area contributed by atoms with Gasteiger partial charge in [0.25, 0.3) is 5.95 Å². The summed E-state index contributed by atoms with van der Waals surface area (Å²) in [4.78, 5) is 6.65. The molecule has 1 aliphatic rings. The van der Waals surface area contributed by atoms with Crippen molar-refractivity contribution in [1.82, 2.24) is 15.5 Å². The molecule has 1 aromatic heterocycles. The lowest BCUT2D eigenvalue weighted by molar-refractivity contribution is 0.343. The summed E-state index contributed by atoms with van der Waals surface area (Å²) < 4.78 is 5.48. The maximum Gasteiger partial charge on any atom is 0.266 e. The lowest BCUT2D eigenvalue weighted by Crippen LogP contribution is -2.31. The number of anilines is 1. The van der Waals surface area contributed by atoms with Crippen LogP contribution in [0, 0.1) is 0 Å². The number of nitrogens with zero attached hydrogens (tertiary/aromatic N) is 3. The molecule has 2 aromatic rings. The first-order chi connectivity index (χ1) is 9.83. The molecule has 0 spiro atoms. The molecule has 0 aliphatic carbocycles. The van der Waals surface area contributed by atoms with Crippen molar-refractivity contribution in [1.29, 1.82) is 0 Å². The Morgan fingerprint density at radius 1 is 1.30 bits per heavy atom. The van der Waals surface area contributed by atoms with Gasteiger partial charge in [0.05, 0.1) is 0 Å². The Labute approximate surface area is 119 Å². The summed E-state index contributed by atoms with van der Waals surface area (Å²) in [6, 6.07) is 8.45. The van der Waals surface area contributed by atoms with Gasteiger partial charge in [-0.1, -0.05) is 24.3 Å². The standard InChI is InChI=1S/C15H20N4O/c1-3-19(4-2)15-17-14(20-18-15)13-12-8-6-5-7-11(12)9-10-16-13/h5-8,13,16H,3-4,9-10H2,1-2H3. The van der Waals surface area contributed by atoms with Crippen LogP contribution in [-0.4, -0.2) is 29.8 Å². The quantitative estimate of drug-likeness (QED) is 0.924. The van der Waals surface area contributed by atoms with Gasteiger partial charge in [-0.3, -0.25) is 0 Å². The van der Waals surface area contributed by atoms with Crippen molar-refractivity contribution in [2.24, 2.45) is 0 Å². The summed E-state index contributed by atoms with van der Waals surface area (Å²) in [6.45, 7) is 6.88. The smallest absolute Gasteiger partial charge is 0.266 e. The van der Waals surface area contributed by atoms with Gasteiger partial charge in [0, 0.05) is 19.6 Å². The molecule has 0 bridgehead atoms. The average Bonchev–Trinajstić information content (AvgIpc) is 2.97. The minimum atomic E-state index is 0.0109. The van der Waals surface area contributed by atoms with E-state index < -0.39 is 0 Å². The Hall–Kier alpha value is -1.88. The van der Waals surface area contributed by atoms with Gasteiger partial charge in [0.1, 0.15) is 6.04 Å². The molecule has 5 nitrogen and oxygen atoms in total. The Bertz CT molecular complexity index is 577. The summed E-state index contributed by atoms with van der Waals surface area (Å²) >= 11 is 0. The SMILES string of the molecule is CCN(CC)c1noc(C2NCCc3ccccc32)n1. The van der Waals surface area contributed by atoms with Crippen molar-refractivity contribution in [3.8, 4) is 0 Å². The molecule has 0 amide bonds. The summed E-state index contributed by atoms with van der Waals surface area (Å²) in [7, 11) is 0. The van der Waals surface area contributed by atoms with Gasteiger partial charge < -0.3 is 14.7 Å². The van der Waals surface area contributed by atoms with E-state index in [0.717, 1.165) is 26.1 Å². The zero-order chi connectivity index (χ0) is 13.9. The van der Waals surface area contributed by atoms with Gasteiger partial charge in [0.15, 0.2) is 0 Å². The summed E-state index contributed by atoms with van der Waals surface area (Å²) in [6.07, 6.45) is 1.05. The van der Waals surface area contributed by atoms with Crippen LogP contribution in [-0.2, 0) is 6.42 Å². The topological polar surface area (TPSA) is 54.2 Å². The molecule has 1 unspecified atom stereocenters. The third-order valence-corrected chi connectivity index (χ3v) is 3.83. The zero-order valence-corrected chi connectivity index (χ0v) is 12.0. The van der Waals surface area contributed by atoms with Crippen LogP contribution in [0.15, 0.2) is 28.8 Å². The number of nitrogens with one attached hydrogen (secondary N) is 1. The Kier molecular flexibility index (Phi) is 3.69. The first-order valence-corrected chi connectivity index (χ1v) is 7.23. The zero-order valence-electron chi connectivity index (χ0n) is 12.0. The first-order valence-electron chi connectivity index (χ1n) is 7.23. The highest BCUT2D eigenvalue weighted by molar-refractivity contribution is 5.36. The van der Waals surface area contributed by atoms with Gasteiger partial charge >= 0.3 is 0 Å². The first kappa shape index (κ1) is 13.1. The van der Waals surface area contributed by atoms with Crippen LogP contribution < -0.4 is 10.2 Å². The van der Waals surface area contributed by atoms with Gasteiger partial charge in [-0.05, 0) is 36.6 Å². The number of rotatable bonds is 4. The molecule has 1 aromatic carbocycles. The average molecular weight is 272 g/mol. The van der Waals surface area contributed by atoms with Gasteiger partial charge in [0.2, 0.25) is 5.89 Å². The van der Waals surface area contributed by atoms with E-state index in [1.54, 1.807) is 0 Å². The molecule has 1 N–H and O–H groups in total. The minimum Gasteiger partial charge on any atom is -0.339 e. The van der Waals surface area contributed by atoms with E-state index in [-0.39, 0.29) is 6.04 Å². The normalized spacial score (nSPS) is 17.8. The number of fused-ring (bicyclic) bond motifs is 1. The van der Waals surface area contributed by atoms with E-state index >= 15 is 0 Å². The van der Waals surface area contributed by atoms with Crippen LogP contribution in [0.5, 0.6) is 0 Å². The largest absolute Gasteiger partial charge is 0.339 e. The summed E-state index contributed by atoms with van der Waals surface area (Å²) in [5.41, 5.74) is 2.60. The second-order valence-corrected chi connectivity index (χ2v) is 4.94. The predicted molar refractivity (Wildman–Crippen MR) is 77.9 cm³/mol. The van der Waals surface area contributed by atoms with E-state index in [9.17, 15) is 0 Å². The van der Waals surface area contributed by atoms with E-state index in [1.165, 1.54) is 11.1 Å². The van der Waals surface area contributed by atoms with Crippen molar-refractivity contribution in [3.05, 3.63) is 41.3 Å². The fourth-order valence-corrected chi connectivity index (χ4v) is 2.70. The molecule has 0 radical (unpaired) electrons. The highest BCUT2D eigenvalue weighted by Gasteiger charge is 2.26. The lowest BCUT2D eigenvalue weighted by atomic mass is 9.94. The van der Waals surface area contributed by atoms with Crippen LogP contribution in [0.1, 0.15) is 36.9 Å². The molecule has 1 atom stereocenters. The molecule has 5 heteroatoms. The molecule has 106 valence electrons. The monoisotopic (exact) mass is 272 g/mol. The number of hydrogen-bond donors (Lipinski definition) is 1. The fourth-order valence-electron chi connectivity index (χ4n) is 2.70. The van der Waals surface area contributed by atoms with E-state index in [2.05, 4.69) is 58.5 Å². The number of aromatic nitrogens is 2. The van der Waals surface area contributed by atoms with Gasteiger partial charge in [-0.15, -0.1) is 0 Å². The number of hydrogen-bond acceptors (Lipinski definition) is 5. The Morgan fingerprint density at radius 3 is 2.90 bits per heavy atom. The van der Waals surface area contributed by atoms with Crippen molar-refractivity contribution in [3.63, 3.8) is 0 Å². The van der Waals surface area contributed by atoms with Crippen LogP contribution in [0.2, 0.25) is 0 Å². The number of benzene rings is 1. The second kappa shape index (κ2) is 5.63. The molecule has 1 aliphatic heterocycles. The molecule has 0 saturated carbocycles. The third-order valence-electron chi connectivity index (χ3n) is 3.83. The van der Waals surface area contributed by atoms with Gasteiger partial charge in [-0.2, -0.15) is 4.98 Å². The lowest BCUT2D eigenvalue weighted by Gasteiger charge is -2.23. The summed E-state index contributed by atoms with van der Waals surface area (Å²) in [5, 5.41) is 7.57. The van der Waals surface area contributed by atoms with Crippen molar-refractivity contribution in [2.45, 2.75) is 26.3 Å². The van der Waals surface area contributed by atoms with Gasteiger partial charge in [-0.25, -0.2) is 0 Å².